The predicted molar refractivity (Wildman–Crippen MR) is 88.5 cm³/mol. The molecule has 21 heavy (non-hydrogen) atoms. The lowest BCUT2D eigenvalue weighted by Crippen LogP contribution is -2.15. The molecule has 0 saturated carbocycles. The van der Waals surface area contributed by atoms with Crippen LogP contribution < -0.4 is 15.8 Å². The van der Waals surface area contributed by atoms with Crippen LogP contribution in [0, 0.1) is 0 Å². The molecule has 0 saturated heterocycles. The Morgan fingerprint density at radius 3 is 2.57 bits per heavy atom. The Morgan fingerprint density at radius 1 is 1.24 bits per heavy atom. The molecule has 0 aromatic heterocycles. The maximum Gasteiger partial charge on any atom is 0.228 e. The Bertz CT molecular complexity index is 627. The maximum absolute atomic E-state index is 12.0. The van der Waals surface area contributed by atoms with Gasteiger partial charge in [-0.3, -0.25) is 4.79 Å². The number of ether oxygens (including phenoxy) is 1. The molecule has 3 N–H and O–H groups in total. The lowest BCUT2D eigenvalue weighted by Gasteiger charge is -2.10. The molecular weight excluding hydrogens is 332 g/mol. The van der Waals surface area contributed by atoms with E-state index in [-0.39, 0.29) is 5.91 Å². The van der Waals surface area contributed by atoms with Crippen molar-refractivity contribution in [3.8, 4) is 5.75 Å². The number of halogens is 1. The Morgan fingerprint density at radius 2 is 1.95 bits per heavy atom. The molecular formula is C16H17BrN2O2. The summed E-state index contributed by atoms with van der Waals surface area (Å²) in [6, 6.07) is 12.9. The van der Waals surface area contributed by atoms with Crippen molar-refractivity contribution in [1.29, 1.82) is 0 Å². The highest BCUT2D eigenvalue weighted by molar-refractivity contribution is 9.10. The molecule has 0 aliphatic carbocycles. The van der Waals surface area contributed by atoms with Gasteiger partial charge in [0, 0.05) is 10.5 Å². The van der Waals surface area contributed by atoms with Gasteiger partial charge in [-0.25, -0.2) is 0 Å². The van der Waals surface area contributed by atoms with Crippen molar-refractivity contribution in [2.24, 2.45) is 0 Å². The Hall–Kier alpha value is -2.01. The first-order chi connectivity index (χ1) is 10.1. The van der Waals surface area contributed by atoms with E-state index in [4.69, 9.17) is 10.5 Å². The van der Waals surface area contributed by atoms with Crippen LogP contribution in [0.15, 0.2) is 46.9 Å². The zero-order valence-corrected chi connectivity index (χ0v) is 13.3. The topological polar surface area (TPSA) is 64.3 Å². The molecule has 1 amide bonds. The number of nitrogens with one attached hydrogen (secondary N) is 1. The van der Waals surface area contributed by atoms with Crippen molar-refractivity contribution in [3.63, 3.8) is 0 Å². The maximum atomic E-state index is 12.0. The highest BCUT2D eigenvalue weighted by Gasteiger charge is 2.07. The first-order valence-corrected chi connectivity index (χ1v) is 7.44. The average Bonchev–Trinajstić information content (AvgIpc) is 2.45. The summed E-state index contributed by atoms with van der Waals surface area (Å²) in [6.07, 6.45) is 0.305. The second kappa shape index (κ2) is 7.13. The molecule has 0 aliphatic rings. The van der Waals surface area contributed by atoms with Gasteiger partial charge in [0.2, 0.25) is 5.91 Å². The van der Waals surface area contributed by atoms with Crippen molar-refractivity contribution >= 4 is 33.2 Å². The van der Waals surface area contributed by atoms with Gasteiger partial charge in [0.05, 0.1) is 24.4 Å². The van der Waals surface area contributed by atoms with Gasteiger partial charge in [0.1, 0.15) is 5.75 Å². The SMILES string of the molecule is CCOc1ccc(NC(=O)Cc2ccc(Br)cc2)c(N)c1. The largest absolute Gasteiger partial charge is 0.494 e. The Kier molecular flexibility index (Phi) is 5.22. The van der Waals surface area contributed by atoms with E-state index in [9.17, 15) is 4.79 Å². The van der Waals surface area contributed by atoms with E-state index < -0.39 is 0 Å². The normalized spacial score (nSPS) is 10.2. The Labute approximate surface area is 132 Å². The summed E-state index contributed by atoms with van der Waals surface area (Å²) in [5.41, 5.74) is 7.95. The third kappa shape index (κ3) is 4.49. The van der Waals surface area contributed by atoms with Crippen LogP contribution in [0.3, 0.4) is 0 Å². The van der Waals surface area contributed by atoms with E-state index in [1.165, 1.54) is 0 Å². The van der Waals surface area contributed by atoms with Gasteiger partial charge in [-0.15, -0.1) is 0 Å². The minimum atomic E-state index is -0.104. The summed E-state index contributed by atoms with van der Waals surface area (Å²) in [6.45, 7) is 2.48. The van der Waals surface area contributed by atoms with E-state index in [0.29, 0.717) is 30.2 Å². The van der Waals surface area contributed by atoms with Crippen LogP contribution in [0.2, 0.25) is 0 Å². The van der Waals surface area contributed by atoms with E-state index in [0.717, 1.165) is 10.0 Å². The standard InChI is InChI=1S/C16H17BrN2O2/c1-2-21-13-7-8-15(14(18)10-13)19-16(20)9-11-3-5-12(17)6-4-11/h3-8,10H,2,9,18H2,1H3,(H,19,20). The number of hydrogen-bond donors (Lipinski definition) is 2. The first kappa shape index (κ1) is 15.4. The van der Waals surface area contributed by atoms with E-state index in [1.807, 2.05) is 31.2 Å². The first-order valence-electron chi connectivity index (χ1n) is 6.65. The zero-order valence-electron chi connectivity index (χ0n) is 11.7. The second-order valence-corrected chi connectivity index (χ2v) is 5.45. The molecule has 0 atom stereocenters. The molecule has 0 bridgehead atoms. The van der Waals surface area contributed by atoms with Gasteiger partial charge in [-0.05, 0) is 36.8 Å². The molecule has 2 rings (SSSR count). The van der Waals surface area contributed by atoms with Crippen molar-refractivity contribution in [2.75, 3.05) is 17.7 Å². The molecule has 4 nitrogen and oxygen atoms in total. The van der Waals surface area contributed by atoms with Crippen LogP contribution in [0.1, 0.15) is 12.5 Å². The summed E-state index contributed by atoms with van der Waals surface area (Å²) in [5.74, 6) is 0.592. The Balaban J connectivity index is 2.00. The summed E-state index contributed by atoms with van der Waals surface area (Å²) < 4.78 is 6.34. The molecule has 110 valence electrons. The summed E-state index contributed by atoms with van der Waals surface area (Å²) in [5, 5.41) is 2.81. The number of amides is 1. The van der Waals surface area contributed by atoms with Gasteiger partial charge in [0.15, 0.2) is 0 Å². The van der Waals surface area contributed by atoms with Gasteiger partial charge in [-0.1, -0.05) is 28.1 Å². The molecule has 0 radical (unpaired) electrons. The van der Waals surface area contributed by atoms with Crippen LogP contribution in [0.4, 0.5) is 11.4 Å². The molecule has 0 aliphatic heterocycles. The van der Waals surface area contributed by atoms with Crippen LogP contribution in [-0.2, 0) is 11.2 Å². The lowest BCUT2D eigenvalue weighted by atomic mass is 10.1. The van der Waals surface area contributed by atoms with Crippen molar-refractivity contribution in [1.82, 2.24) is 0 Å². The number of benzene rings is 2. The molecule has 2 aromatic carbocycles. The van der Waals surface area contributed by atoms with Crippen molar-refractivity contribution in [3.05, 3.63) is 52.5 Å². The third-order valence-corrected chi connectivity index (χ3v) is 3.41. The van der Waals surface area contributed by atoms with Crippen LogP contribution >= 0.6 is 15.9 Å². The van der Waals surface area contributed by atoms with Crippen LogP contribution in [0.5, 0.6) is 5.75 Å². The summed E-state index contributed by atoms with van der Waals surface area (Å²) >= 11 is 3.37. The molecule has 0 unspecified atom stereocenters. The number of rotatable bonds is 5. The number of anilines is 2. The zero-order chi connectivity index (χ0) is 15.2. The minimum Gasteiger partial charge on any atom is -0.494 e. The highest BCUT2D eigenvalue weighted by Crippen LogP contribution is 2.24. The van der Waals surface area contributed by atoms with Crippen LogP contribution in [-0.4, -0.2) is 12.5 Å². The number of hydrogen-bond acceptors (Lipinski definition) is 3. The summed E-state index contributed by atoms with van der Waals surface area (Å²) in [7, 11) is 0. The van der Waals surface area contributed by atoms with Gasteiger partial charge in [-0.2, -0.15) is 0 Å². The number of carbonyl (C=O) groups excluding carboxylic acids is 1. The quantitative estimate of drug-likeness (QED) is 0.811. The van der Waals surface area contributed by atoms with E-state index in [1.54, 1.807) is 18.2 Å². The average molecular weight is 349 g/mol. The molecule has 0 fully saturated rings. The molecule has 2 aromatic rings. The number of nitrogen functional groups attached to an aromatic ring is 1. The monoisotopic (exact) mass is 348 g/mol. The fourth-order valence-corrected chi connectivity index (χ4v) is 2.16. The van der Waals surface area contributed by atoms with E-state index in [2.05, 4.69) is 21.2 Å². The second-order valence-electron chi connectivity index (χ2n) is 4.53. The molecule has 0 heterocycles. The predicted octanol–water partition coefficient (Wildman–Crippen LogP) is 3.61. The number of carbonyl (C=O) groups is 1. The number of nitrogens with two attached hydrogens (primary N) is 1. The fraction of sp³-hybridized carbons (Fsp3) is 0.188. The third-order valence-electron chi connectivity index (χ3n) is 2.89. The van der Waals surface area contributed by atoms with Crippen molar-refractivity contribution < 1.29 is 9.53 Å². The van der Waals surface area contributed by atoms with Gasteiger partial charge in [0.25, 0.3) is 0 Å². The van der Waals surface area contributed by atoms with Crippen LogP contribution in [0.25, 0.3) is 0 Å². The molecule has 0 spiro atoms. The van der Waals surface area contributed by atoms with E-state index >= 15 is 0 Å². The minimum absolute atomic E-state index is 0.104. The van der Waals surface area contributed by atoms with Crippen molar-refractivity contribution in [2.45, 2.75) is 13.3 Å². The fourth-order valence-electron chi connectivity index (χ4n) is 1.89. The summed E-state index contributed by atoms with van der Waals surface area (Å²) in [4.78, 5) is 12.0. The smallest absolute Gasteiger partial charge is 0.228 e. The van der Waals surface area contributed by atoms with Gasteiger partial charge >= 0.3 is 0 Å². The van der Waals surface area contributed by atoms with Gasteiger partial charge < -0.3 is 15.8 Å². The molecule has 5 heteroatoms. The highest BCUT2D eigenvalue weighted by atomic mass is 79.9. The lowest BCUT2D eigenvalue weighted by molar-refractivity contribution is -0.115.